The molecular formula is C15H17F2N3O. The van der Waals surface area contributed by atoms with Crippen molar-refractivity contribution in [3.63, 3.8) is 0 Å². The van der Waals surface area contributed by atoms with Crippen molar-refractivity contribution in [3.8, 4) is 17.1 Å². The Morgan fingerprint density at radius 2 is 2.10 bits per heavy atom. The third kappa shape index (κ3) is 2.89. The second-order valence-electron chi connectivity index (χ2n) is 6.10. The Bertz CT molecular complexity index is 652. The fourth-order valence-electron chi connectivity index (χ4n) is 2.67. The van der Waals surface area contributed by atoms with Crippen molar-refractivity contribution in [2.24, 2.45) is 5.41 Å². The lowest BCUT2D eigenvalue weighted by Crippen LogP contribution is -2.27. The minimum atomic E-state index is -2.83. The molecule has 0 fully saturated rings. The van der Waals surface area contributed by atoms with Gasteiger partial charge in [0.05, 0.1) is 0 Å². The van der Waals surface area contributed by atoms with Gasteiger partial charge < -0.3 is 9.30 Å². The summed E-state index contributed by atoms with van der Waals surface area (Å²) in [6, 6.07) is 6.60. The summed E-state index contributed by atoms with van der Waals surface area (Å²) in [7, 11) is 0. The van der Waals surface area contributed by atoms with Crippen LogP contribution in [0.15, 0.2) is 24.3 Å². The smallest absolute Gasteiger partial charge is 0.387 e. The number of hydrogen-bond donors (Lipinski definition) is 0. The topological polar surface area (TPSA) is 39.9 Å². The maximum atomic E-state index is 12.3. The standard InChI is InChI=1S/C15H17F2N3O/c1-15(2)7-6-12-18-19-13(20(12)9-15)10-4-3-5-11(8-10)21-14(16)17/h3-5,8,14H,6-7,9H2,1-2H3. The zero-order valence-corrected chi connectivity index (χ0v) is 12.0. The van der Waals surface area contributed by atoms with E-state index < -0.39 is 6.61 Å². The largest absolute Gasteiger partial charge is 0.435 e. The monoisotopic (exact) mass is 293 g/mol. The normalized spacial score (nSPS) is 16.8. The Kier molecular flexibility index (Phi) is 3.39. The lowest BCUT2D eigenvalue weighted by molar-refractivity contribution is -0.0498. The highest BCUT2D eigenvalue weighted by Crippen LogP contribution is 2.33. The van der Waals surface area contributed by atoms with E-state index in [4.69, 9.17) is 0 Å². The van der Waals surface area contributed by atoms with Crippen LogP contribution in [-0.2, 0) is 13.0 Å². The van der Waals surface area contributed by atoms with Crippen molar-refractivity contribution in [2.75, 3.05) is 0 Å². The van der Waals surface area contributed by atoms with Gasteiger partial charge in [-0.05, 0) is 24.0 Å². The Morgan fingerprint density at radius 3 is 2.86 bits per heavy atom. The van der Waals surface area contributed by atoms with Gasteiger partial charge in [0.25, 0.3) is 0 Å². The summed E-state index contributed by atoms with van der Waals surface area (Å²) in [6.45, 7) is 2.41. The van der Waals surface area contributed by atoms with Gasteiger partial charge in [-0.25, -0.2) is 0 Å². The van der Waals surface area contributed by atoms with E-state index in [2.05, 4.69) is 33.3 Å². The first-order chi connectivity index (χ1) is 9.94. The van der Waals surface area contributed by atoms with Gasteiger partial charge in [-0.1, -0.05) is 26.0 Å². The van der Waals surface area contributed by atoms with Crippen LogP contribution in [0.4, 0.5) is 8.78 Å². The second-order valence-corrected chi connectivity index (χ2v) is 6.10. The van der Waals surface area contributed by atoms with Crippen molar-refractivity contribution in [3.05, 3.63) is 30.1 Å². The van der Waals surface area contributed by atoms with E-state index >= 15 is 0 Å². The molecule has 0 spiro atoms. The maximum Gasteiger partial charge on any atom is 0.387 e. The first kappa shape index (κ1) is 14.0. The van der Waals surface area contributed by atoms with Gasteiger partial charge in [0.15, 0.2) is 5.82 Å². The highest BCUT2D eigenvalue weighted by molar-refractivity contribution is 5.58. The maximum absolute atomic E-state index is 12.3. The minimum absolute atomic E-state index is 0.134. The van der Waals surface area contributed by atoms with Crippen molar-refractivity contribution in [2.45, 2.75) is 39.8 Å². The second kappa shape index (κ2) is 5.09. The molecule has 0 amide bonds. The van der Waals surface area contributed by atoms with Crippen LogP contribution in [0.2, 0.25) is 0 Å². The molecule has 112 valence electrons. The van der Waals surface area contributed by atoms with Crippen molar-refractivity contribution in [1.82, 2.24) is 14.8 Å². The summed E-state index contributed by atoms with van der Waals surface area (Å²) >= 11 is 0. The van der Waals surface area contributed by atoms with Crippen LogP contribution in [-0.4, -0.2) is 21.4 Å². The quantitative estimate of drug-likeness (QED) is 0.869. The van der Waals surface area contributed by atoms with Crippen LogP contribution in [0.3, 0.4) is 0 Å². The van der Waals surface area contributed by atoms with Crippen LogP contribution in [0.25, 0.3) is 11.4 Å². The van der Waals surface area contributed by atoms with Crippen molar-refractivity contribution >= 4 is 0 Å². The molecule has 0 saturated heterocycles. The molecule has 2 heterocycles. The molecule has 1 aliphatic heterocycles. The number of ether oxygens (including phenoxy) is 1. The summed E-state index contributed by atoms with van der Waals surface area (Å²) < 4.78 is 31.1. The van der Waals surface area contributed by atoms with E-state index in [9.17, 15) is 8.78 Å². The summed E-state index contributed by atoms with van der Waals surface area (Å²) in [5.41, 5.74) is 0.922. The van der Waals surface area contributed by atoms with E-state index in [0.29, 0.717) is 5.82 Å². The van der Waals surface area contributed by atoms with Gasteiger partial charge >= 0.3 is 6.61 Å². The SMILES string of the molecule is CC1(C)CCc2nnc(-c3cccc(OC(F)F)c3)n2C1. The number of nitrogens with zero attached hydrogens (tertiary/aromatic N) is 3. The predicted octanol–water partition coefficient (Wildman–Crippen LogP) is 3.52. The molecule has 0 saturated carbocycles. The van der Waals surface area contributed by atoms with Gasteiger partial charge in [0.1, 0.15) is 11.6 Å². The number of benzene rings is 1. The van der Waals surface area contributed by atoms with Gasteiger partial charge in [-0.2, -0.15) is 8.78 Å². The molecule has 0 N–H and O–H groups in total. The van der Waals surface area contributed by atoms with Gasteiger partial charge in [-0.15, -0.1) is 10.2 Å². The van der Waals surface area contributed by atoms with Gasteiger partial charge in [0, 0.05) is 18.5 Å². The molecule has 0 aliphatic carbocycles. The molecule has 4 nitrogen and oxygen atoms in total. The highest BCUT2D eigenvalue weighted by Gasteiger charge is 2.28. The first-order valence-electron chi connectivity index (χ1n) is 6.92. The third-order valence-corrected chi connectivity index (χ3v) is 3.76. The zero-order chi connectivity index (χ0) is 15.0. The van der Waals surface area contributed by atoms with Crippen LogP contribution < -0.4 is 4.74 Å². The zero-order valence-electron chi connectivity index (χ0n) is 12.0. The molecule has 2 aromatic rings. The average molecular weight is 293 g/mol. The Hall–Kier alpha value is -1.98. The lowest BCUT2D eigenvalue weighted by atomic mass is 9.85. The van der Waals surface area contributed by atoms with Crippen LogP contribution in [0.1, 0.15) is 26.1 Å². The summed E-state index contributed by atoms with van der Waals surface area (Å²) in [5, 5.41) is 8.44. The molecule has 1 aromatic carbocycles. The minimum Gasteiger partial charge on any atom is -0.435 e. The molecule has 0 bridgehead atoms. The Balaban J connectivity index is 1.97. The van der Waals surface area contributed by atoms with Gasteiger partial charge in [0.2, 0.25) is 0 Å². The molecule has 3 rings (SSSR count). The summed E-state index contributed by atoms with van der Waals surface area (Å²) in [6.07, 6.45) is 1.95. The molecule has 0 atom stereocenters. The van der Waals surface area contributed by atoms with E-state index in [0.717, 1.165) is 30.8 Å². The average Bonchev–Trinajstić information content (AvgIpc) is 2.79. The number of aryl methyl sites for hydroxylation is 1. The molecule has 0 unspecified atom stereocenters. The van der Waals surface area contributed by atoms with E-state index in [-0.39, 0.29) is 11.2 Å². The number of halogens is 2. The van der Waals surface area contributed by atoms with Gasteiger partial charge in [-0.3, -0.25) is 0 Å². The lowest BCUT2D eigenvalue weighted by Gasteiger charge is -2.30. The molecule has 21 heavy (non-hydrogen) atoms. The van der Waals surface area contributed by atoms with Crippen molar-refractivity contribution in [1.29, 1.82) is 0 Å². The molecular weight excluding hydrogens is 276 g/mol. The number of hydrogen-bond acceptors (Lipinski definition) is 3. The molecule has 6 heteroatoms. The summed E-state index contributed by atoms with van der Waals surface area (Å²) in [5.74, 6) is 1.79. The van der Waals surface area contributed by atoms with Crippen LogP contribution in [0.5, 0.6) is 5.75 Å². The Labute approximate surface area is 121 Å². The highest BCUT2D eigenvalue weighted by atomic mass is 19.3. The van der Waals surface area contributed by atoms with E-state index in [1.807, 2.05) is 6.07 Å². The number of fused-ring (bicyclic) bond motifs is 1. The fraction of sp³-hybridized carbons (Fsp3) is 0.467. The first-order valence-corrected chi connectivity index (χ1v) is 6.92. The Morgan fingerprint density at radius 1 is 1.29 bits per heavy atom. The molecule has 1 aromatic heterocycles. The van der Waals surface area contributed by atoms with E-state index in [1.165, 1.54) is 6.07 Å². The third-order valence-electron chi connectivity index (χ3n) is 3.76. The number of alkyl halides is 2. The molecule has 1 aliphatic rings. The number of rotatable bonds is 3. The molecule has 0 radical (unpaired) electrons. The van der Waals surface area contributed by atoms with Crippen LogP contribution in [0, 0.1) is 5.41 Å². The van der Waals surface area contributed by atoms with Crippen molar-refractivity contribution < 1.29 is 13.5 Å². The predicted molar refractivity (Wildman–Crippen MR) is 74.2 cm³/mol. The number of aromatic nitrogens is 3. The van der Waals surface area contributed by atoms with Crippen LogP contribution >= 0.6 is 0 Å². The van der Waals surface area contributed by atoms with E-state index in [1.54, 1.807) is 12.1 Å². The summed E-state index contributed by atoms with van der Waals surface area (Å²) in [4.78, 5) is 0. The fourth-order valence-corrected chi connectivity index (χ4v) is 2.67.